The standard InChI is InChI=1S/C17H26N2O2/c1-18-12-10-15-7-5-6-13-19(15)17(20)11-14-21-16-8-3-2-4-9-16/h2-4,8-9,15,18H,5-7,10-14H2,1H3. The third-order valence-corrected chi connectivity index (χ3v) is 4.00. The Morgan fingerprint density at radius 1 is 1.33 bits per heavy atom. The highest BCUT2D eigenvalue weighted by atomic mass is 16.5. The number of nitrogens with one attached hydrogen (secondary N) is 1. The van der Waals surface area contributed by atoms with Gasteiger partial charge in [-0.1, -0.05) is 18.2 Å². The molecule has 4 heteroatoms. The molecule has 2 rings (SSSR count). The van der Waals surface area contributed by atoms with E-state index in [9.17, 15) is 4.79 Å². The molecule has 0 aliphatic carbocycles. The summed E-state index contributed by atoms with van der Waals surface area (Å²) in [5, 5.41) is 3.18. The van der Waals surface area contributed by atoms with Crippen molar-refractivity contribution in [2.75, 3.05) is 26.7 Å². The fraction of sp³-hybridized carbons (Fsp3) is 0.588. The minimum Gasteiger partial charge on any atom is -0.493 e. The molecule has 0 radical (unpaired) electrons. The quantitative estimate of drug-likeness (QED) is 0.838. The van der Waals surface area contributed by atoms with Gasteiger partial charge in [-0.05, 0) is 51.4 Å². The number of nitrogens with zero attached hydrogens (tertiary/aromatic N) is 1. The average molecular weight is 290 g/mol. The van der Waals surface area contributed by atoms with E-state index in [2.05, 4.69) is 10.2 Å². The second-order valence-corrected chi connectivity index (χ2v) is 5.54. The van der Waals surface area contributed by atoms with Crippen LogP contribution in [0, 0.1) is 0 Å². The third kappa shape index (κ3) is 5.05. The number of likely N-dealkylation sites (tertiary alicyclic amines) is 1. The zero-order valence-corrected chi connectivity index (χ0v) is 12.9. The highest BCUT2D eigenvalue weighted by molar-refractivity contribution is 5.76. The Kier molecular flexibility index (Phi) is 6.54. The zero-order chi connectivity index (χ0) is 14.9. The van der Waals surface area contributed by atoms with Crippen molar-refractivity contribution >= 4 is 5.91 Å². The molecule has 0 saturated carbocycles. The summed E-state index contributed by atoms with van der Waals surface area (Å²) < 4.78 is 5.62. The van der Waals surface area contributed by atoms with Crippen molar-refractivity contribution in [1.29, 1.82) is 0 Å². The number of amides is 1. The molecule has 1 saturated heterocycles. The lowest BCUT2D eigenvalue weighted by molar-refractivity contribution is -0.135. The molecule has 1 unspecified atom stereocenters. The van der Waals surface area contributed by atoms with Crippen molar-refractivity contribution < 1.29 is 9.53 Å². The first-order valence-corrected chi connectivity index (χ1v) is 7.93. The molecule has 1 aromatic carbocycles. The van der Waals surface area contributed by atoms with Gasteiger partial charge in [0.15, 0.2) is 0 Å². The van der Waals surface area contributed by atoms with Gasteiger partial charge in [-0.2, -0.15) is 0 Å². The van der Waals surface area contributed by atoms with E-state index in [-0.39, 0.29) is 5.91 Å². The SMILES string of the molecule is CNCCC1CCCCN1C(=O)CCOc1ccccc1. The van der Waals surface area contributed by atoms with Crippen molar-refractivity contribution in [1.82, 2.24) is 10.2 Å². The van der Waals surface area contributed by atoms with Crippen molar-refractivity contribution in [3.63, 3.8) is 0 Å². The molecular formula is C17H26N2O2. The number of carbonyl (C=O) groups is 1. The Hall–Kier alpha value is -1.55. The Morgan fingerprint density at radius 3 is 2.90 bits per heavy atom. The number of ether oxygens (including phenoxy) is 1. The van der Waals surface area contributed by atoms with Gasteiger partial charge in [-0.25, -0.2) is 0 Å². The highest BCUT2D eigenvalue weighted by Gasteiger charge is 2.25. The number of benzene rings is 1. The summed E-state index contributed by atoms with van der Waals surface area (Å²) in [6.07, 6.45) is 5.00. The van der Waals surface area contributed by atoms with E-state index >= 15 is 0 Å². The Morgan fingerprint density at radius 2 is 2.14 bits per heavy atom. The van der Waals surface area contributed by atoms with E-state index in [0.29, 0.717) is 19.1 Å². The predicted molar refractivity (Wildman–Crippen MR) is 84.4 cm³/mol. The molecule has 1 heterocycles. The third-order valence-electron chi connectivity index (χ3n) is 4.00. The van der Waals surface area contributed by atoms with Crippen LogP contribution in [0.25, 0.3) is 0 Å². The molecule has 1 N–H and O–H groups in total. The van der Waals surface area contributed by atoms with Crippen LogP contribution in [0.2, 0.25) is 0 Å². The summed E-state index contributed by atoms with van der Waals surface area (Å²) in [6, 6.07) is 10.1. The van der Waals surface area contributed by atoms with Crippen LogP contribution in [-0.4, -0.2) is 43.6 Å². The number of hydrogen-bond acceptors (Lipinski definition) is 3. The van der Waals surface area contributed by atoms with E-state index in [0.717, 1.165) is 38.1 Å². The van der Waals surface area contributed by atoms with Crippen molar-refractivity contribution in [3.05, 3.63) is 30.3 Å². The predicted octanol–water partition coefficient (Wildman–Crippen LogP) is 2.45. The molecule has 1 fully saturated rings. The van der Waals surface area contributed by atoms with E-state index in [1.165, 1.54) is 6.42 Å². The second kappa shape index (κ2) is 8.67. The lowest BCUT2D eigenvalue weighted by Crippen LogP contribution is -2.45. The Bertz CT molecular complexity index is 422. The minimum atomic E-state index is 0.228. The molecule has 116 valence electrons. The van der Waals surface area contributed by atoms with Crippen molar-refractivity contribution in [3.8, 4) is 5.75 Å². The maximum Gasteiger partial charge on any atom is 0.226 e. The van der Waals surface area contributed by atoms with Crippen LogP contribution in [0.15, 0.2) is 30.3 Å². The summed E-state index contributed by atoms with van der Waals surface area (Å²) in [5.41, 5.74) is 0. The van der Waals surface area contributed by atoms with Gasteiger partial charge in [0.1, 0.15) is 5.75 Å². The van der Waals surface area contributed by atoms with E-state index in [4.69, 9.17) is 4.74 Å². The van der Waals surface area contributed by atoms with Crippen LogP contribution in [0.1, 0.15) is 32.1 Å². The van der Waals surface area contributed by atoms with Gasteiger partial charge in [0.05, 0.1) is 13.0 Å². The molecule has 1 aromatic rings. The van der Waals surface area contributed by atoms with Gasteiger partial charge in [-0.3, -0.25) is 4.79 Å². The fourth-order valence-electron chi connectivity index (χ4n) is 2.86. The van der Waals surface area contributed by atoms with Crippen LogP contribution >= 0.6 is 0 Å². The molecule has 1 amide bonds. The summed E-state index contributed by atoms with van der Waals surface area (Å²) in [5.74, 6) is 1.06. The summed E-state index contributed by atoms with van der Waals surface area (Å²) in [6.45, 7) is 2.33. The summed E-state index contributed by atoms with van der Waals surface area (Å²) in [7, 11) is 1.96. The Labute approximate surface area is 127 Å². The number of carbonyl (C=O) groups excluding carboxylic acids is 1. The monoisotopic (exact) mass is 290 g/mol. The molecular weight excluding hydrogens is 264 g/mol. The smallest absolute Gasteiger partial charge is 0.226 e. The Balaban J connectivity index is 1.77. The average Bonchev–Trinajstić information content (AvgIpc) is 2.54. The van der Waals surface area contributed by atoms with E-state index < -0.39 is 0 Å². The zero-order valence-electron chi connectivity index (χ0n) is 12.9. The first-order chi connectivity index (χ1) is 10.3. The van der Waals surface area contributed by atoms with Gasteiger partial charge < -0.3 is 15.0 Å². The van der Waals surface area contributed by atoms with Gasteiger partial charge in [0.25, 0.3) is 0 Å². The van der Waals surface area contributed by atoms with Gasteiger partial charge in [0.2, 0.25) is 5.91 Å². The molecule has 0 bridgehead atoms. The second-order valence-electron chi connectivity index (χ2n) is 5.54. The van der Waals surface area contributed by atoms with Crippen LogP contribution in [0.3, 0.4) is 0 Å². The highest BCUT2D eigenvalue weighted by Crippen LogP contribution is 2.20. The molecule has 1 aliphatic rings. The number of para-hydroxylation sites is 1. The molecule has 1 aliphatic heterocycles. The minimum absolute atomic E-state index is 0.228. The number of hydrogen-bond donors (Lipinski definition) is 1. The topological polar surface area (TPSA) is 41.6 Å². The number of piperidine rings is 1. The summed E-state index contributed by atoms with van der Waals surface area (Å²) in [4.78, 5) is 14.5. The first kappa shape index (κ1) is 15.8. The summed E-state index contributed by atoms with van der Waals surface area (Å²) >= 11 is 0. The van der Waals surface area contributed by atoms with Crippen molar-refractivity contribution in [2.45, 2.75) is 38.1 Å². The maximum atomic E-state index is 12.4. The van der Waals surface area contributed by atoms with E-state index in [1.54, 1.807) is 0 Å². The van der Waals surface area contributed by atoms with Crippen LogP contribution < -0.4 is 10.1 Å². The lowest BCUT2D eigenvalue weighted by Gasteiger charge is -2.36. The lowest BCUT2D eigenvalue weighted by atomic mass is 9.99. The largest absolute Gasteiger partial charge is 0.493 e. The van der Waals surface area contributed by atoms with Gasteiger partial charge >= 0.3 is 0 Å². The van der Waals surface area contributed by atoms with Crippen LogP contribution in [0.4, 0.5) is 0 Å². The molecule has 1 atom stereocenters. The van der Waals surface area contributed by atoms with Crippen LogP contribution in [0.5, 0.6) is 5.75 Å². The molecule has 0 spiro atoms. The number of rotatable bonds is 7. The van der Waals surface area contributed by atoms with E-state index in [1.807, 2.05) is 37.4 Å². The molecule has 4 nitrogen and oxygen atoms in total. The van der Waals surface area contributed by atoms with Crippen LogP contribution in [-0.2, 0) is 4.79 Å². The molecule has 0 aromatic heterocycles. The van der Waals surface area contributed by atoms with Crippen molar-refractivity contribution in [2.24, 2.45) is 0 Å². The molecule has 21 heavy (non-hydrogen) atoms. The maximum absolute atomic E-state index is 12.4. The van der Waals surface area contributed by atoms with Gasteiger partial charge in [0, 0.05) is 12.6 Å². The fourth-order valence-corrected chi connectivity index (χ4v) is 2.86. The normalized spacial score (nSPS) is 18.5. The van der Waals surface area contributed by atoms with Gasteiger partial charge in [-0.15, -0.1) is 0 Å². The first-order valence-electron chi connectivity index (χ1n) is 7.93.